The van der Waals surface area contributed by atoms with Crippen LogP contribution < -0.4 is 4.74 Å². The lowest BCUT2D eigenvalue weighted by Crippen LogP contribution is -2.04. The van der Waals surface area contributed by atoms with Gasteiger partial charge in [-0.3, -0.25) is 0 Å². The molecule has 182 valence electrons. The van der Waals surface area contributed by atoms with Gasteiger partial charge in [0.05, 0.1) is 11.2 Å². The highest BCUT2D eigenvalue weighted by molar-refractivity contribution is 5.90. The third-order valence-corrected chi connectivity index (χ3v) is 6.70. The van der Waals surface area contributed by atoms with Gasteiger partial charge in [0.25, 0.3) is 0 Å². The van der Waals surface area contributed by atoms with Crippen LogP contribution in [-0.2, 0) is 19.6 Å². The average Bonchev–Trinajstić information content (AvgIpc) is 3.15. The zero-order valence-electron chi connectivity index (χ0n) is 20.7. The molecule has 0 atom stereocenters. The molecule has 3 nitrogen and oxygen atoms in total. The fourth-order valence-corrected chi connectivity index (χ4v) is 4.84. The predicted octanol–water partition coefficient (Wildman–Crippen LogP) is 7.23. The van der Waals surface area contributed by atoms with Crippen molar-refractivity contribution in [2.75, 3.05) is 6.61 Å². The molecule has 0 aliphatic heterocycles. The van der Waals surface area contributed by atoms with Crippen molar-refractivity contribution in [1.82, 2.24) is 4.57 Å². The molecule has 0 amide bonds. The number of hydrogen-bond donors (Lipinski definition) is 1. The van der Waals surface area contributed by atoms with E-state index >= 15 is 4.39 Å². The van der Waals surface area contributed by atoms with Crippen molar-refractivity contribution in [2.45, 2.75) is 33.4 Å². The number of aromatic nitrogens is 1. The summed E-state index contributed by atoms with van der Waals surface area (Å²) in [4.78, 5) is 0. The number of nitrogens with zero attached hydrogens (tertiary/aromatic N) is 1. The molecule has 36 heavy (non-hydrogen) atoms. The summed E-state index contributed by atoms with van der Waals surface area (Å²) in [5.41, 5.74) is 7.65. The van der Waals surface area contributed by atoms with Gasteiger partial charge >= 0.3 is 0 Å². The van der Waals surface area contributed by atoms with E-state index in [1.807, 2.05) is 92.7 Å². The highest BCUT2D eigenvalue weighted by atomic mass is 19.1. The van der Waals surface area contributed by atoms with Gasteiger partial charge in [0, 0.05) is 24.1 Å². The number of aliphatic hydroxyl groups excluding tert-OH is 1. The van der Waals surface area contributed by atoms with Gasteiger partial charge in [0.15, 0.2) is 5.82 Å². The first-order chi connectivity index (χ1) is 17.5. The Hall–Kier alpha value is -3.89. The van der Waals surface area contributed by atoms with E-state index in [1.165, 1.54) is 0 Å². The van der Waals surface area contributed by atoms with Crippen molar-refractivity contribution >= 4 is 10.9 Å². The van der Waals surface area contributed by atoms with E-state index in [0.717, 1.165) is 38.9 Å². The van der Waals surface area contributed by atoms with E-state index in [1.54, 1.807) is 0 Å². The highest BCUT2D eigenvalue weighted by Gasteiger charge is 2.22. The number of halogens is 1. The van der Waals surface area contributed by atoms with Crippen LogP contribution in [0, 0.1) is 19.7 Å². The largest absolute Gasteiger partial charge is 0.489 e. The maximum Gasteiger partial charge on any atom is 0.156 e. The van der Waals surface area contributed by atoms with Crippen molar-refractivity contribution in [3.05, 3.63) is 125 Å². The minimum Gasteiger partial charge on any atom is -0.489 e. The summed E-state index contributed by atoms with van der Waals surface area (Å²) in [5, 5.41) is 9.78. The zero-order chi connectivity index (χ0) is 25.1. The van der Waals surface area contributed by atoms with Crippen LogP contribution >= 0.6 is 0 Å². The lowest BCUT2D eigenvalue weighted by Gasteiger charge is -2.15. The Morgan fingerprint density at radius 1 is 0.778 bits per heavy atom. The fourth-order valence-electron chi connectivity index (χ4n) is 4.84. The van der Waals surface area contributed by atoms with Crippen LogP contribution in [0.4, 0.5) is 4.39 Å². The molecular formula is C32H30FNO2. The Bertz CT molecular complexity index is 1470. The van der Waals surface area contributed by atoms with Crippen molar-refractivity contribution in [2.24, 2.45) is 0 Å². The highest BCUT2D eigenvalue weighted by Crippen LogP contribution is 2.38. The summed E-state index contributed by atoms with van der Waals surface area (Å²) in [6.07, 6.45) is 0.626. The maximum atomic E-state index is 16.2. The molecule has 4 aromatic carbocycles. The average molecular weight is 480 g/mol. The van der Waals surface area contributed by atoms with Crippen molar-refractivity contribution in [3.8, 4) is 17.0 Å². The van der Waals surface area contributed by atoms with E-state index in [-0.39, 0.29) is 12.4 Å². The monoisotopic (exact) mass is 479 g/mol. The number of fused-ring (bicyclic) bond motifs is 1. The van der Waals surface area contributed by atoms with Gasteiger partial charge in [-0.05, 0) is 66.3 Å². The fraction of sp³-hybridized carbons (Fsp3) is 0.188. The molecule has 0 unspecified atom stereocenters. The van der Waals surface area contributed by atoms with E-state index in [0.29, 0.717) is 36.4 Å². The molecule has 0 aliphatic carbocycles. The molecule has 1 N–H and O–H groups in total. The minimum atomic E-state index is -0.232. The minimum absolute atomic E-state index is 0.123. The van der Waals surface area contributed by atoms with Crippen LogP contribution in [0.15, 0.2) is 91.0 Å². The zero-order valence-corrected chi connectivity index (χ0v) is 20.7. The predicted molar refractivity (Wildman–Crippen MR) is 144 cm³/mol. The van der Waals surface area contributed by atoms with Gasteiger partial charge in [0.1, 0.15) is 12.4 Å². The van der Waals surface area contributed by atoms with E-state index < -0.39 is 0 Å². The van der Waals surface area contributed by atoms with Crippen LogP contribution in [0.1, 0.15) is 27.8 Å². The number of aliphatic hydroxyl groups is 1. The first-order valence-corrected chi connectivity index (χ1v) is 12.3. The molecule has 1 heterocycles. The SMILES string of the molecule is Cc1cccc(C)c1-c1c(F)c2cc(OCc3ccccc3)ccc2n1Cc1ccc(CCO)cc1. The van der Waals surface area contributed by atoms with Gasteiger partial charge in [-0.15, -0.1) is 0 Å². The number of rotatable bonds is 8. The molecule has 5 rings (SSSR count). The number of ether oxygens (including phenoxy) is 1. The Morgan fingerprint density at radius 2 is 1.47 bits per heavy atom. The quantitative estimate of drug-likeness (QED) is 0.255. The van der Waals surface area contributed by atoms with Crippen LogP contribution in [-0.4, -0.2) is 16.3 Å². The number of hydrogen-bond acceptors (Lipinski definition) is 2. The summed E-state index contributed by atoms with van der Waals surface area (Å²) in [6.45, 7) is 5.15. The second kappa shape index (κ2) is 10.4. The van der Waals surface area contributed by atoms with E-state index in [4.69, 9.17) is 4.74 Å². The third-order valence-electron chi connectivity index (χ3n) is 6.70. The van der Waals surface area contributed by atoms with Gasteiger partial charge in [-0.2, -0.15) is 0 Å². The van der Waals surface area contributed by atoms with Gasteiger partial charge in [0.2, 0.25) is 0 Å². The summed E-state index contributed by atoms with van der Waals surface area (Å²) in [6, 6.07) is 29.9. The van der Waals surface area contributed by atoms with Crippen LogP contribution in [0.25, 0.3) is 22.2 Å². The number of benzene rings is 4. The van der Waals surface area contributed by atoms with E-state index in [2.05, 4.69) is 16.7 Å². The summed E-state index contributed by atoms with van der Waals surface area (Å²) >= 11 is 0. The topological polar surface area (TPSA) is 34.4 Å². The second-order valence-corrected chi connectivity index (χ2v) is 9.26. The van der Waals surface area contributed by atoms with Crippen LogP contribution in [0.2, 0.25) is 0 Å². The first-order valence-electron chi connectivity index (χ1n) is 12.3. The molecule has 0 saturated carbocycles. The second-order valence-electron chi connectivity index (χ2n) is 9.26. The Labute approximate surface area is 211 Å². The van der Waals surface area contributed by atoms with E-state index in [9.17, 15) is 5.11 Å². The smallest absolute Gasteiger partial charge is 0.156 e. The molecule has 5 aromatic rings. The van der Waals surface area contributed by atoms with Crippen molar-refractivity contribution in [1.29, 1.82) is 0 Å². The van der Waals surface area contributed by atoms with Crippen molar-refractivity contribution in [3.63, 3.8) is 0 Å². The standard InChI is InChI=1S/C32H30FNO2/c1-22-7-6-8-23(2)30(22)32-31(33)28-19-27(36-21-26-9-4-3-5-10-26)15-16-29(28)34(32)20-25-13-11-24(12-14-25)17-18-35/h3-16,19,35H,17-18,20-21H2,1-2H3. The van der Waals surface area contributed by atoms with Crippen LogP contribution in [0.5, 0.6) is 5.75 Å². The molecule has 0 aliphatic rings. The van der Waals surface area contributed by atoms with Gasteiger partial charge in [-0.1, -0.05) is 72.8 Å². The molecule has 0 saturated heterocycles. The maximum absolute atomic E-state index is 16.2. The van der Waals surface area contributed by atoms with Gasteiger partial charge < -0.3 is 14.4 Å². The first kappa shape index (κ1) is 23.8. The molecule has 0 fully saturated rings. The summed E-state index contributed by atoms with van der Waals surface area (Å²) in [5.74, 6) is 0.410. The lowest BCUT2D eigenvalue weighted by molar-refractivity contribution is 0.299. The Morgan fingerprint density at radius 3 is 2.17 bits per heavy atom. The van der Waals surface area contributed by atoms with Crippen LogP contribution in [0.3, 0.4) is 0 Å². The normalized spacial score (nSPS) is 11.2. The molecule has 1 aromatic heterocycles. The Kier molecular flexibility index (Phi) is 6.88. The Balaban J connectivity index is 1.59. The molecule has 0 radical (unpaired) electrons. The lowest BCUT2D eigenvalue weighted by atomic mass is 9.99. The molecule has 0 bridgehead atoms. The molecule has 0 spiro atoms. The summed E-state index contributed by atoms with van der Waals surface area (Å²) in [7, 11) is 0. The van der Waals surface area contributed by atoms with Crippen molar-refractivity contribution < 1.29 is 14.2 Å². The summed E-state index contributed by atoms with van der Waals surface area (Å²) < 4.78 is 24.3. The third kappa shape index (κ3) is 4.77. The molecule has 4 heteroatoms. The molecular weight excluding hydrogens is 449 g/mol. The number of aryl methyl sites for hydroxylation is 2. The van der Waals surface area contributed by atoms with Gasteiger partial charge in [-0.25, -0.2) is 4.39 Å².